The van der Waals surface area contributed by atoms with Gasteiger partial charge in [0.15, 0.2) is 0 Å². The van der Waals surface area contributed by atoms with Crippen LogP contribution in [0, 0.1) is 0 Å². The van der Waals surface area contributed by atoms with Gasteiger partial charge < -0.3 is 11.5 Å². The van der Waals surface area contributed by atoms with E-state index in [0.717, 1.165) is 6.42 Å². The predicted octanol–water partition coefficient (Wildman–Crippen LogP) is -0.360. The molecular weight excluding hydrogens is 116 g/mol. The van der Waals surface area contributed by atoms with Crippen LogP contribution in [-0.4, -0.2) is 17.9 Å². The summed E-state index contributed by atoms with van der Waals surface area (Å²) < 4.78 is 0. The van der Waals surface area contributed by atoms with Gasteiger partial charge in [0.25, 0.3) is 0 Å². The summed E-state index contributed by atoms with van der Waals surface area (Å²) in [4.78, 5) is 10.5. The van der Waals surface area contributed by atoms with Crippen molar-refractivity contribution in [2.45, 2.75) is 32.4 Å². The quantitative estimate of drug-likeness (QED) is 0.548. The molecule has 0 heterocycles. The summed E-state index contributed by atoms with van der Waals surface area (Å²) in [6, 6.07) is -0.655. The van der Waals surface area contributed by atoms with Gasteiger partial charge in [-0.25, -0.2) is 0 Å². The van der Waals surface area contributed by atoms with Gasteiger partial charge in [-0.15, -0.1) is 0 Å². The van der Waals surface area contributed by atoms with Gasteiger partial charge in [-0.3, -0.25) is 4.79 Å². The van der Waals surface area contributed by atoms with E-state index >= 15 is 0 Å². The molecule has 54 valence electrons. The van der Waals surface area contributed by atoms with Crippen molar-refractivity contribution in [3.05, 3.63) is 0 Å². The average molecular weight is 130 g/mol. The van der Waals surface area contributed by atoms with Gasteiger partial charge in [0, 0.05) is 6.04 Å². The summed E-state index contributed by atoms with van der Waals surface area (Å²) in [7, 11) is 0. The number of rotatable bonds is 3. The van der Waals surface area contributed by atoms with Gasteiger partial charge in [0.1, 0.15) is 5.78 Å². The summed E-state index contributed by atoms with van der Waals surface area (Å²) in [5.74, 6) is -0.0376. The van der Waals surface area contributed by atoms with E-state index in [-0.39, 0.29) is 11.8 Å². The largest absolute Gasteiger partial charge is 0.326 e. The zero-order valence-electron chi connectivity index (χ0n) is 5.92. The van der Waals surface area contributed by atoms with E-state index < -0.39 is 6.04 Å². The van der Waals surface area contributed by atoms with Gasteiger partial charge in [-0.2, -0.15) is 0 Å². The van der Waals surface area contributed by atoms with Gasteiger partial charge in [-0.1, -0.05) is 6.92 Å². The van der Waals surface area contributed by atoms with Crippen molar-refractivity contribution >= 4 is 5.78 Å². The number of Topliss-reactive ketones (excluding diaryl/α,β-unsaturated/α-hetero) is 1. The Bertz CT molecular complexity index is 103. The summed E-state index contributed by atoms with van der Waals surface area (Å²) in [6.45, 7) is 3.37. The third kappa shape index (κ3) is 2.58. The van der Waals surface area contributed by atoms with E-state index in [9.17, 15) is 4.79 Å². The second-order valence-corrected chi connectivity index (χ2v) is 2.21. The molecule has 0 bridgehead atoms. The molecule has 0 aromatic heterocycles. The van der Waals surface area contributed by atoms with Crippen LogP contribution >= 0.6 is 0 Å². The number of ketones is 1. The highest BCUT2D eigenvalue weighted by molar-refractivity contribution is 5.81. The van der Waals surface area contributed by atoms with Gasteiger partial charge in [0.2, 0.25) is 0 Å². The Morgan fingerprint density at radius 2 is 2.00 bits per heavy atom. The highest BCUT2D eigenvalue weighted by atomic mass is 16.1. The van der Waals surface area contributed by atoms with Crippen LogP contribution < -0.4 is 11.5 Å². The zero-order chi connectivity index (χ0) is 7.44. The third-order valence-corrected chi connectivity index (χ3v) is 1.40. The van der Waals surface area contributed by atoms with E-state index in [0.29, 0.717) is 0 Å². The minimum absolute atomic E-state index is 0.0376. The van der Waals surface area contributed by atoms with E-state index in [1.54, 1.807) is 0 Å². The maximum Gasteiger partial charge on any atom is 0.148 e. The molecule has 0 saturated heterocycles. The lowest BCUT2D eigenvalue weighted by molar-refractivity contribution is -0.118. The molecular formula is C6H14N2O. The number of carbonyl (C=O) groups excluding carboxylic acids is 1. The lowest BCUT2D eigenvalue weighted by Crippen LogP contribution is -2.45. The third-order valence-electron chi connectivity index (χ3n) is 1.40. The molecule has 0 unspecified atom stereocenters. The van der Waals surface area contributed by atoms with Crippen LogP contribution in [0.2, 0.25) is 0 Å². The van der Waals surface area contributed by atoms with Crippen molar-refractivity contribution < 1.29 is 4.79 Å². The van der Waals surface area contributed by atoms with Crippen molar-refractivity contribution in [2.75, 3.05) is 0 Å². The molecule has 3 nitrogen and oxygen atoms in total. The molecule has 0 fully saturated rings. The summed E-state index contributed by atoms with van der Waals surface area (Å²) in [5, 5.41) is 0. The zero-order valence-corrected chi connectivity index (χ0v) is 5.92. The first-order chi connectivity index (χ1) is 4.09. The smallest absolute Gasteiger partial charge is 0.148 e. The Hall–Kier alpha value is -0.410. The SMILES string of the molecule is CC[C@H](N)[C@H](N)C(C)=O. The number of hydrogen-bond donors (Lipinski definition) is 2. The molecule has 0 spiro atoms. The summed E-state index contributed by atoms with van der Waals surface area (Å²) >= 11 is 0. The van der Waals surface area contributed by atoms with Gasteiger partial charge in [-0.05, 0) is 13.3 Å². The second kappa shape index (κ2) is 3.58. The first kappa shape index (κ1) is 8.59. The molecule has 2 atom stereocenters. The molecule has 4 N–H and O–H groups in total. The number of carbonyl (C=O) groups is 1. The standard InChI is InChI=1S/C6H14N2O/c1-3-5(7)6(8)4(2)9/h5-6H,3,7-8H2,1-2H3/t5-,6+/m0/s1. The van der Waals surface area contributed by atoms with Crippen LogP contribution in [0.5, 0.6) is 0 Å². The minimum atomic E-state index is -0.477. The van der Waals surface area contributed by atoms with Gasteiger partial charge >= 0.3 is 0 Å². The Morgan fingerprint density at radius 3 is 2.11 bits per heavy atom. The fourth-order valence-corrected chi connectivity index (χ4v) is 0.555. The molecule has 0 saturated carbocycles. The second-order valence-electron chi connectivity index (χ2n) is 2.21. The first-order valence-electron chi connectivity index (χ1n) is 3.11. The molecule has 9 heavy (non-hydrogen) atoms. The Kier molecular flexibility index (Phi) is 3.42. The van der Waals surface area contributed by atoms with E-state index in [1.165, 1.54) is 6.92 Å². The van der Waals surface area contributed by atoms with Gasteiger partial charge in [0.05, 0.1) is 6.04 Å². The summed E-state index contributed by atoms with van der Waals surface area (Å²) in [5.41, 5.74) is 10.9. The molecule has 0 aromatic carbocycles. The molecule has 0 aliphatic heterocycles. The van der Waals surface area contributed by atoms with Crippen molar-refractivity contribution in [1.82, 2.24) is 0 Å². The van der Waals surface area contributed by atoms with E-state index in [1.807, 2.05) is 6.92 Å². The molecule has 0 aliphatic carbocycles. The maximum atomic E-state index is 10.5. The monoisotopic (exact) mass is 130 g/mol. The first-order valence-corrected chi connectivity index (χ1v) is 3.11. The molecule has 0 amide bonds. The van der Waals surface area contributed by atoms with Crippen molar-refractivity contribution in [3.63, 3.8) is 0 Å². The number of nitrogens with two attached hydrogens (primary N) is 2. The lowest BCUT2D eigenvalue weighted by atomic mass is 10.0. The highest BCUT2D eigenvalue weighted by Gasteiger charge is 2.14. The van der Waals surface area contributed by atoms with Crippen LogP contribution in [0.15, 0.2) is 0 Å². The molecule has 0 aliphatic rings. The van der Waals surface area contributed by atoms with Crippen LogP contribution in [0.1, 0.15) is 20.3 Å². The Balaban J connectivity index is 3.72. The molecule has 0 rings (SSSR count). The molecule has 3 heteroatoms. The van der Waals surface area contributed by atoms with Crippen LogP contribution in [0.4, 0.5) is 0 Å². The van der Waals surface area contributed by atoms with E-state index in [2.05, 4.69) is 0 Å². The van der Waals surface area contributed by atoms with Crippen molar-refractivity contribution in [2.24, 2.45) is 11.5 Å². The van der Waals surface area contributed by atoms with Crippen LogP contribution in [-0.2, 0) is 4.79 Å². The maximum absolute atomic E-state index is 10.5. The predicted molar refractivity (Wildman–Crippen MR) is 36.9 cm³/mol. The fraction of sp³-hybridized carbons (Fsp3) is 0.833. The fourth-order valence-electron chi connectivity index (χ4n) is 0.555. The highest BCUT2D eigenvalue weighted by Crippen LogP contribution is 1.92. The van der Waals surface area contributed by atoms with Crippen LogP contribution in [0.3, 0.4) is 0 Å². The molecule has 0 radical (unpaired) electrons. The summed E-state index contributed by atoms with van der Waals surface area (Å²) in [6.07, 6.45) is 0.751. The Labute approximate surface area is 55.4 Å². The average Bonchev–Trinajstić information content (AvgIpc) is 1.84. The topological polar surface area (TPSA) is 69.1 Å². The normalized spacial score (nSPS) is 16.9. The number of hydrogen-bond acceptors (Lipinski definition) is 3. The van der Waals surface area contributed by atoms with Crippen molar-refractivity contribution in [1.29, 1.82) is 0 Å². The van der Waals surface area contributed by atoms with E-state index in [4.69, 9.17) is 11.5 Å². The Morgan fingerprint density at radius 1 is 1.56 bits per heavy atom. The lowest BCUT2D eigenvalue weighted by Gasteiger charge is -2.13. The minimum Gasteiger partial charge on any atom is -0.326 e. The van der Waals surface area contributed by atoms with Crippen LogP contribution in [0.25, 0.3) is 0 Å². The molecule has 0 aromatic rings. The van der Waals surface area contributed by atoms with Crippen molar-refractivity contribution in [3.8, 4) is 0 Å².